The summed E-state index contributed by atoms with van der Waals surface area (Å²) in [6.07, 6.45) is 0. The number of benzene rings is 11. The summed E-state index contributed by atoms with van der Waals surface area (Å²) in [6, 6.07) is 87.8. The minimum absolute atomic E-state index is 0.906. The molecule has 0 atom stereocenters. The van der Waals surface area contributed by atoms with Crippen LogP contribution in [0.2, 0.25) is 0 Å². The maximum Gasteiger partial charge on any atom is 0.143 e. The van der Waals surface area contributed by atoms with Crippen LogP contribution in [-0.2, 0) is 0 Å². The fourth-order valence-corrected chi connectivity index (χ4v) is 10.0. The zero-order chi connectivity index (χ0) is 42.8. The third-order valence-electron chi connectivity index (χ3n) is 13.2. The number of hydrogen-bond acceptors (Lipinski definition) is 2. The molecular weight excluding hydrogens is 789 g/mol. The van der Waals surface area contributed by atoms with E-state index in [0.717, 1.165) is 66.6 Å². The third-order valence-corrected chi connectivity index (χ3v) is 13.2. The Labute approximate surface area is 376 Å². The zero-order valence-electron chi connectivity index (χ0n) is 35.4. The van der Waals surface area contributed by atoms with Crippen molar-refractivity contribution in [2.45, 2.75) is 0 Å². The van der Waals surface area contributed by atoms with Crippen molar-refractivity contribution < 1.29 is 4.42 Å². The molecule has 0 fully saturated rings. The van der Waals surface area contributed by atoms with Gasteiger partial charge >= 0.3 is 0 Å². The van der Waals surface area contributed by atoms with E-state index >= 15 is 0 Å². The lowest BCUT2D eigenvalue weighted by atomic mass is 9.97. The molecule has 0 radical (unpaired) electrons. The van der Waals surface area contributed by atoms with Crippen LogP contribution >= 0.6 is 0 Å². The van der Waals surface area contributed by atoms with Crippen LogP contribution < -0.4 is 4.90 Å². The van der Waals surface area contributed by atoms with Gasteiger partial charge in [-0.1, -0.05) is 152 Å². The standard InChI is InChI=1S/C62H40N2O/c1-3-13-41(14-4-1)45-28-35-59-57(39-45)58-40-46(29-36-60(58)64(59)48-18-5-2-6-19-48)44-17-11-20-50(37-44)63(49-30-25-43(26-31-49)53-23-12-16-42-15-7-8-21-52(42)53)51-32-34-54-47(38-51)27-33-56-55-22-9-10-24-61(55)65-62(54)56/h1-40H. The highest BCUT2D eigenvalue weighted by Crippen LogP contribution is 2.43. The Balaban J connectivity index is 0.965. The van der Waals surface area contributed by atoms with Crippen molar-refractivity contribution in [2.24, 2.45) is 0 Å². The van der Waals surface area contributed by atoms with Gasteiger partial charge in [-0.05, 0) is 141 Å². The first-order chi connectivity index (χ1) is 32.2. The second kappa shape index (κ2) is 15.0. The minimum Gasteiger partial charge on any atom is -0.455 e. The maximum absolute atomic E-state index is 6.48. The van der Waals surface area contributed by atoms with Gasteiger partial charge in [-0.15, -0.1) is 0 Å². The topological polar surface area (TPSA) is 21.3 Å². The summed E-state index contributed by atoms with van der Waals surface area (Å²) in [5, 5.41) is 9.43. The zero-order valence-corrected chi connectivity index (χ0v) is 35.4. The molecule has 0 bridgehead atoms. The summed E-state index contributed by atoms with van der Waals surface area (Å²) < 4.78 is 8.87. The summed E-state index contributed by atoms with van der Waals surface area (Å²) in [6.45, 7) is 0. The number of aromatic nitrogens is 1. The summed E-state index contributed by atoms with van der Waals surface area (Å²) in [5.41, 5.74) is 15.7. The molecule has 0 aliphatic rings. The van der Waals surface area contributed by atoms with Crippen molar-refractivity contribution in [1.82, 2.24) is 4.57 Å². The van der Waals surface area contributed by atoms with Gasteiger partial charge in [0.2, 0.25) is 0 Å². The fraction of sp³-hybridized carbons (Fsp3) is 0. The molecule has 13 rings (SSSR count). The van der Waals surface area contributed by atoms with E-state index in [1.165, 1.54) is 54.8 Å². The van der Waals surface area contributed by atoms with Crippen molar-refractivity contribution in [3.63, 3.8) is 0 Å². The van der Waals surface area contributed by atoms with E-state index in [0.29, 0.717) is 0 Å². The van der Waals surface area contributed by atoms with Crippen molar-refractivity contribution >= 4 is 82.4 Å². The Bertz CT molecular complexity index is 3930. The van der Waals surface area contributed by atoms with Gasteiger partial charge in [0.1, 0.15) is 11.2 Å². The van der Waals surface area contributed by atoms with Gasteiger partial charge in [0.05, 0.1) is 11.0 Å². The first-order valence-electron chi connectivity index (χ1n) is 22.2. The molecule has 2 aromatic heterocycles. The van der Waals surface area contributed by atoms with E-state index in [1.807, 2.05) is 12.1 Å². The van der Waals surface area contributed by atoms with Gasteiger partial charge in [0.15, 0.2) is 0 Å². The number of furan rings is 1. The second-order valence-corrected chi connectivity index (χ2v) is 16.9. The molecule has 11 aromatic carbocycles. The fourth-order valence-electron chi connectivity index (χ4n) is 10.0. The minimum atomic E-state index is 0.906. The van der Waals surface area contributed by atoms with Crippen LogP contribution in [0.1, 0.15) is 0 Å². The smallest absolute Gasteiger partial charge is 0.143 e. The molecular formula is C62H40N2O. The highest BCUT2D eigenvalue weighted by Gasteiger charge is 2.19. The first kappa shape index (κ1) is 36.9. The molecule has 304 valence electrons. The molecule has 0 aliphatic heterocycles. The molecule has 3 nitrogen and oxygen atoms in total. The molecule has 0 amide bonds. The Morgan fingerprint density at radius 3 is 1.69 bits per heavy atom. The largest absolute Gasteiger partial charge is 0.455 e. The number of para-hydroxylation sites is 2. The molecule has 3 heteroatoms. The van der Waals surface area contributed by atoms with Crippen LogP contribution in [0.4, 0.5) is 17.1 Å². The van der Waals surface area contributed by atoms with Gasteiger partial charge in [-0.3, -0.25) is 0 Å². The average molecular weight is 829 g/mol. The predicted molar refractivity (Wildman–Crippen MR) is 274 cm³/mol. The number of rotatable bonds is 7. The predicted octanol–water partition coefficient (Wildman–Crippen LogP) is 17.5. The van der Waals surface area contributed by atoms with Crippen molar-refractivity contribution in [3.8, 4) is 39.1 Å². The lowest BCUT2D eigenvalue weighted by molar-refractivity contribution is 0.672. The maximum atomic E-state index is 6.48. The lowest BCUT2D eigenvalue weighted by Crippen LogP contribution is -2.10. The van der Waals surface area contributed by atoms with E-state index in [4.69, 9.17) is 4.42 Å². The summed E-state index contributed by atoms with van der Waals surface area (Å²) in [5.74, 6) is 0. The van der Waals surface area contributed by atoms with Crippen LogP contribution in [0.25, 0.3) is 104 Å². The van der Waals surface area contributed by atoms with Gasteiger partial charge in [0, 0.05) is 49.7 Å². The number of hydrogen-bond donors (Lipinski definition) is 0. The van der Waals surface area contributed by atoms with Gasteiger partial charge in [-0.2, -0.15) is 0 Å². The molecule has 0 N–H and O–H groups in total. The van der Waals surface area contributed by atoms with Gasteiger partial charge in [-0.25, -0.2) is 0 Å². The van der Waals surface area contributed by atoms with E-state index in [1.54, 1.807) is 0 Å². The van der Waals surface area contributed by atoms with Crippen LogP contribution in [0.5, 0.6) is 0 Å². The average Bonchev–Trinajstić information content (AvgIpc) is 3.92. The number of fused-ring (bicyclic) bond motifs is 9. The number of nitrogens with zero attached hydrogens (tertiary/aromatic N) is 2. The van der Waals surface area contributed by atoms with Crippen LogP contribution in [-0.4, -0.2) is 4.57 Å². The molecule has 65 heavy (non-hydrogen) atoms. The van der Waals surface area contributed by atoms with Crippen LogP contribution in [0.3, 0.4) is 0 Å². The Kier molecular flexibility index (Phi) is 8.53. The van der Waals surface area contributed by atoms with Crippen molar-refractivity contribution in [2.75, 3.05) is 4.90 Å². The first-order valence-corrected chi connectivity index (χ1v) is 22.2. The van der Waals surface area contributed by atoms with Gasteiger partial charge < -0.3 is 13.9 Å². The van der Waals surface area contributed by atoms with Crippen LogP contribution in [0, 0.1) is 0 Å². The SMILES string of the molecule is c1ccc(-c2ccc3c(c2)c2cc(-c4cccc(N(c5ccc(-c6cccc7ccccc67)cc5)c5ccc6c(ccc7c8ccccc8oc67)c5)c4)ccc2n3-c2ccccc2)cc1. The van der Waals surface area contributed by atoms with E-state index in [2.05, 4.69) is 240 Å². The normalized spacial score (nSPS) is 11.7. The third kappa shape index (κ3) is 6.20. The monoisotopic (exact) mass is 828 g/mol. The quantitative estimate of drug-likeness (QED) is 0.160. The summed E-state index contributed by atoms with van der Waals surface area (Å²) >= 11 is 0. The molecule has 0 spiro atoms. The van der Waals surface area contributed by atoms with Crippen LogP contribution in [0.15, 0.2) is 247 Å². The van der Waals surface area contributed by atoms with Crippen molar-refractivity contribution in [3.05, 3.63) is 243 Å². The summed E-state index contributed by atoms with van der Waals surface area (Å²) in [7, 11) is 0. The lowest BCUT2D eigenvalue weighted by Gasteiger charge is -2.26. The molecule has 0 saturated carbocycles. The Hall–Kier alpha value is -8.66. The molecule has 2 heterocycles. The van der Waals surface area contributed by atoms with Crippen molar-refractivity contribution in [1.29, 1.82) is 0 Å². The molecule has 0 unspecified atom stereocenters. The highest BCUT2D eigenvalue weighted by atomic mass is 16.3. The van der Waals surface area contributed by atoms with E-state index in [9.17, 15) is 0 Å². The Morgan fingerprint density at radius 1 is 0.308 bits per heavy atom. The molecule has 13 aromatic rings. The van der Waals surface area contributed by atoms with Gasteiger partial charge in [0.25, 0.3) is 0 Å². The highest BCUT2D eigenvalue weighted by molar-refractivity contribution is 6.16. The second-order valence-electron chi connectivity index (χ2n) is 16.9. The Morgan fingerprint density at radius 2 is 0.892 bits per heavy atom. The summed E-state index contributed by atoms with van der Waals surface area (Å²) in [4.78, 5) is 2.38. The molecule has 0 saturated heterocycles. The van der Waals surface area contributed by atoms with E-state index in [-0.39, 0.29) is 0 Å². The van der Waals surface area contributed by atoms with E-state index < -0.39 is 0 Å². The molecule has 0 aliphatic carbocycles. The number of anilines is 3.